The van der Waals surface area contributed by atoms with Crippen LogP contribution < -0.4 is 4.72 Å². The Balaban J connectivity index is 2.63. The van der Waals surface area contributed by atoms with Gasteiger partial charge in [-0.1, -0.05) is 17.7 Å². The Morgan fingerprint density at radius 3 is 2.61 bits per heavy atom. The van der Waals surface area contributed by atoms with Crippen LogP contribution in [0.1, 0.15) is 11.1 Å². The summed E-state index contributed by atoms with van der Waals surface area (Å²) in [6, 6.07) is 5.25. The van der Waals surface area contributed by atoms with Gasteiger partial charge in [0.25, 0.3) is 0 Å². The van der Waals surface area contributed by atoms with Crippen LogP contribution in [-0.4, -0.2) is 34.1 Å². The van der Waals surface area contributed by atoms with E-state index in [1.807, 2.05) is 13.0 Å². The zero-order valence-corrected chi connectivity index (χ0v) is 12.1. The smallest absolute Gasteiger partial charge is 0.240 e. The first-order chi connectivity index (χ1) is 8.47. The largest absolute Gasteiger partial charge is 0.379 e. The predicted molar refractivity (Wildman–Crippen MR) is 72.6 cm³/mol. The number of ether oxygens (including phenoxy) is 1. The lowest BCUT2D eigenvalue weighted by Gasteiger charge is -2.10. The van der Waals surface area contributed by atoms with Crippen LogP contribution in [0.2, 0.25) is 0 Å². The van der Waals surface area contributed by atoms with Gasteiger partial charge < -0.3 is 4.74 Å². The molecule has 0 bridgehead atoms. The lowest BCUT2D eigenvalue weighted by Crippen LogP contribution is -2.28. The van der Waals surface area contributed by atoms with Crippen LogP contribution in [0.5, 0.6) is 0 Å². The number of nitrogens with one attached hydrogen (secondary N) is 1. The lowest BCUT2D eigenvalue weighted by molar-refractivity contribution is 0.155. The monoisotopic (exact) mass is 291 g/mol. The maximum atomic E-state index is 12.0. The molecule has 0 aliphatic heterocycles. The van der Waals surface area contributed by atoms with Gasteiger partial charge in [-0.2, -0.15) is 0 Å². The number of alkyl halides is 1. The number of benzene rings is 1. The van der Waals surface area contributed by atoms with Crippen molar-refractivity contribution in [2.45, 2.75) is 18.7 Å². The van der Waals surface area contributed by atoms with E-state index in [0.29, 0.717) is 24.0 Å². The quantitative estimate of drug-likeness (QED) is 0.616. The summed E-state index contributed by atoms with van der Waals surface area (Å²) in [7, 11) is -3.46. The molecular weight excluding hydrogens is 274 g/mol. The average molecular weight is 292 g/mol. The maximum absolute atomic E-state index is 12.0. The van der Waals surface area contributed by atoms with Gasteiger partial charge in [-0.25, -0.2) is 13.1 Å². The molecule has 0 heterocycles. The molecule has 0 aliphatic rings. The Labute approximate surface area is 113 Å². The second kappa shape index (κ2) is 7.09. The van der Waals surface area contributed by atoms with Gasteiger partial charge in [0.1, 0.15) is 0 Å². The standard InChI is InChI=1S/C12H18ClNO3S/c1-10-3-4-12(11(2)9-10)18(15,16)14-6-8-17-7-5-13/h3-4,9,14H,5-8H2,1-2H3. The number of hydrogen-bond donors (Lipinski definition) is 1. The molecule has 0 aliphatic carbocycles. The van der Waals surface area contributed by atoms with E-state index in [9.17, 15) is 8.42 Å². The molecule has 0 saturated carbocycles. The molecule has 0 spiro atoms. The van der Waals surface area contributed by atoms with E-state index in [0.717, 1.165) is 11.1 Å². The molecule has 1 aromatic carbocycles. The number of rotatable bonds is 7. The third-order valence-electron chi connectivity index (χ3n) is 2.38. The zero-order chi connectivity index (χ0) is 13.6. The Kier molecular flexibility index (Phi) is 6.08. The summed E-state index contributed by atoms with van der Waals surface area (Å²) in [6.45, 7) is 4.69. The fraction of sp³-hybridized carbons (Fsp3) is 0.500. The number of aryl methyl sites for hydroxylation is 2. The van der Waals surface area contributed by atoms with Crippen LogP contribution in [0.25, 0.3) is 0 Å². The summed E-state index contributed by atoms with van der Waals surface area (Å²) in [6.07, 6.45) is 0. The molecule has 0 unspecified atom stereocenters. The van der Waals surface area contributed by atoms with Crippen molar-refractivity contribution in [3.8, 4) is 0 Å². The number of halogens is 1. The van der Waals surface area contributed by atoms with E-state index in [1.54, 1.807) is 19.1 Å². The Morgan fingerprint density at radius 1 is 1.28 bits per heavy atom. The molecule has 1 rings (SSSR count). The molecule has 0 fully saturated rings. The van der Waals surface area contributed by atoms with Crippen LogP contribution in [0, 0.1) is 13.8 Å². The summed E-state index contributed by atoms with van der Waals surface area (Å²) in [4.78, 5) is 0.311. The van der Waals surface area contributed by atoms with Crippen LogP contribution in [0.15, 0.2) is 23.1 Å². The lowest BCUT2D eigenvalue weighted by atomic mass is 10.2. The Hall–Kier alpha value is -0.620. The minimum atomic E-state index is -3.46. The summed E-state index contributed by atoms with van der Waals surface area (Å²) in [5, 5.41) is 0. The highest BCUT2D eigenvalue weighted by atomic mass is 35.5. The van der Waals surface area contributed by atoms with Gasteiger partial charge in [0, 0.05) is 12.4 Å². The van der Waals surface area contributed by atoms with Gasteiger partial charge >= 0.3 is 0 Å². The summed E-state index contributed by atoms with van der Waals surface area (Å²) in [5.41, 5.74) is 1.78. The van der Waals surface area contributed by atoms with Crippen LogP contribution in [-0.2, 0) is 14.8 Å². The molecule has 102 valence electrons. The van der Waals surface area contributed by atoms with Crippen molar-refractivity contribution in [2.24, 2.45) is 0 Å². The van der Waals surface area contributed by atoms with E-state index in [1.165, 1.54) is 0 Å². The molecule has 1 aromatic rings. The Bertz CT molecular complexity index is 488. The first-order valence-corrected chi connectivity index (χ1v) is 7.70. The van der Waals surface area contributed by atoms with E-state index in [2.05, 4.69) is 4.72 Å². The van der Waals surface area contributed by atoms with E-state index < -0.39 is 10.0 Å². The molecule has 4 nitrogen and oxygen atoms in total. The first kappa shape index (κ1) is 15.4. The molecule has 0 amide bonds. The third kappa shape index (κ3) is 4.57. The van der Waals surface area contributed by atoms with Crippen molar-refractivity contribution in [2.75, 3.05) is 25.6 Å². The topological polar surface area (TPSA) is 55.4 Å². The highest BCUT2D eigenvalue weighted by Gasteiger charge is 2.15. The molecule has 18 heavy (non-hydrogen) atoms. The number of sulfonamides is 1. The predicted octanol–water partition coefficient (Wildman–Crippen LogP) is 1.84. The maximum Gasteiger partial charge on any atom is 0.240 e. The minimum absolute atomic E-state index is 0.243. The van der Waals surface area contributed by atoms with Crippen molar-refractivity contribution in [1.82, 2.24) is 4.72 Å². The van der Waals surface area contributed by atoms with Gasteiger partial charge in [0.15, 0.2) is 0 Å². The van der Waals surface area contributed by atoms with Gasteiger partial charge in [-0.3, -0.25) is 0 Å². The second-order valence-electron chi connectivity index (χ2n) is 3.97. The highest BCUT2D eigenvalue weighted by Crippen LogP contribution is 2.15. The van der Waals surface area contributed by atoms with Gasteiger partial charge in [-0.15, -0.1) is 11.6 Å². The van der Waals surface area contributed by atoms with E-state index in [4.69, 9.17) is 16.3 Å². The molecule has 0 aromatic heterocycles. The summed E-state index contributed by atoms with van der Waals surface area (Å²) < 4.78 is 31.6. The van der Waals surface area contributed by atoms with E-state index >= 15 is 0 Å². The highest BCUT2D eigenvalue weighted by molar-refractivity contribution is 7.89. The third-order valence-corrected chi connectivity index (χ3v) is 4.16. The molecule has 1 N–H and O–H groups in total. The van der Waals surface area contributed by atoms with Crippen molar-refractivity contribution in [3.05, 3.63) is 29.3 Å². The molecule has 0 radical (unpaired) electrons. The van der Waals surface area contributed by atoms with Gasteiger partial charge in [0.05, 0.1) is 18.1 Å². The van der Waals surface area contributed by atoms with E-state index in [-0.39, 0.29) is 6.54 Å². The van der Waals surface area contributed by atoms with Crippen molar-refractivity contribution in [3.63, 3.8) is 0 Å². The molecular formula is C12H18ClNO3S. The number of hydrogen-bond acceptors (Lipinski definition) is 3. The molecule has 0 atom stereocenters. The van der Waals surface area contributed by atoms with Crippen LogP contribution >= 0.6 is 11.6 Å². The summed E-state index contributed by atoms with van der Waals surface area (Å²) in [5.74, 6) is 0.407. The summed E-state index contributed by atoms with van der Waals surface area (Å²) >= 11 is 5.44. The fourth-order valence-corrected chi connectivity index (χ4v) is 2.93. The van der Waals surface area contributed by atoms with Crippen LogP contribution in [0.4, 0.5) is 0 Å². The van der Waals surface area contributed by atoms with Crippen LogP contribution in [0.3, 0.4) is 0 Å². The fourth-order valence-electron chi connectivity index (χ4n) is 1.58. The first-order valence-electron chi connectivity index (χ1n) is 5.68. The normalized spacial score (nSPS) is 11.7. The average Bonchev–Trinajstić information content (AvgIpc) is 2.28. The van der Waals surface area contributed by atoms with Crippen molar-refractivity contribution >= 4 is 21.6 Å². The minimum Gasteiger partial charge on any atom is -0.379 e. The second-order valence-corrected chi connectivity index (χ2v) is 6.08. The van der Waals surface area contributed by atoms with Gasteiger partial charge in [0.2, 0.25) is 10.0 Å². The Morgan fingerprint density at radius 2 is 2.00 bits per heavy atom. The molecule has 6 heteroatoms. The van der Waals surface area contributed by atoms with Crippen molar-refractivity contribution in [1.29, 1.82) is 0 Å². The van der Waals surface area contributed by atoms with Gasteiger partial charge in [-0.05, 0) is 25.5 Å². The zero-order valence-electron chi connectivity index (χ0n) is 10.6. The van der Waals surface area contributed by atoms with Crippen molar-refractivity contribution < 1.29 is 13.2 Å². The SMILES string of the molecule is Cc1ccc(S(=O)(=O)NCCOCCCl)c(C)c1. The molecule has 0 saturated heterocycles.